The average molecular weight is 654 g/mol. The molecule has 1 aliphatic heterocycles. The summed E-state index contributed by atoms with van der Waals surface area (Å²) in [6, 6.07) is 20.3. The van der Waals surface area contributed by atoms with Gasteiger partial charge in [0.05, 0.1) is 47.4 Å². The molecule has 1 N–H and O–H groups in total. The number of carbonyl (C=O) groups excluding carboxylic acids is 1. The number of carbonyl (C=O) groups is 1. The van der Waals surface area contributed by atoms with Crippen molar-refractivity contribution >= 4 is 21.4 Å². The van der Waals surface area contributed by atoms with E-state index in [1.54, 1.807) is 43.3 Å². The third kappa shape index (κ3) is 8.28. The standard InChI is InChI=1S/C35H38F3N3O4S/c1-2-46(43,44)32-17-10-26(11-18-32)33(19-20-39)40-34(42)27-7-14-30(15-8-27)41-21-28(9-16-31(41)23-45-22-24-3-4-24)25-5-12-29(13-6-25)35(36,37)38/h5-8,10-15,17-18,24,28,31,33H,2-4,9,16,19,21-23H2,1H3,(H,40,42)/t28-,31-,33?/m1/s1. The molecule has 0 radical (unpaired) electrons. The molecule has 2 fully saturated rings. The van der Waals surface area contributed by atoms with Crippen molar-refractivity contribution in [1.29, 1.82) is 5.26 Å². The summed E-state index contributed by atoms with van der Waals surface area (Å²) in [5.41, 5.74) is 2.10. The van der Waals surface area contributed by atoms with Gasteiger partial charge in [0.15, 0.2) is 9.84 Å². The summed E-state index contributed by atoms with van der Waals surface area (Å²) >= 11 is 0. The molecule has 1 unspecified atom stereocenters. The number of hydrogen-bond acceptors (Lipinski definition) is 6. The Labute approximate surface area is 268 Å². The van der Waals surface area contributed by atoms with Crippen LogP contribution in [0.3, 0.4) is 0 Å². The lowest BCUT2D eigenvalue weighted by atomic mass is 9.86. The molecule has 0 aromatic heterocycles. The molecule has 1 aliphatic carbocycles. The van der Waals surface area contributed by atoms with E-state index in [0.717, 1.165) is 42.8 Å². The number of anilines is 1. The molecule has 11 heteroatoms. The lowest BCUT2D eigenvalue weighted by Crippen LogP contribution is -2.45. The maximum Gasteiger partial charge on any atom is 0.416 e. The van der Waals surface area contributed by atoms with E-state index in [-0.39, 0.29) is 34.9 Å². The van der Waals surface area contributed by atoms with Crippen LogP contribution in [0.1, 0.15) is 78.0 Å². The van der Waals surface area contributed by atoms with Crippen LogP contribution in [0.2, 0.25) is 0 Å². The first-order valence-electron chi connectivity index (χ1n) is 15.6. The van der Waals surface area contributed by atoms with E-state index in [2.05, 4.69) is 16.3 Å². The molecule has 3 aromatic carbocycles. The van der Waals surface area contributed by atoms with Crippen molar-refractivity contribution in [2.45, 2.75) is 68.1 Å². The van der Waals surface area contributed by atoms with E-state index >= 15 is 0 Å². The number of halogens is 3. The van der Waals surface area contributed by atoms with E-state index in [9.17, 15) is 31.6 Å². The normalized spacial score (nSPS) is 19.3. The average Bonchev–Trinajstić information content (AvgIpc) is 3.89. The summed E-state index contributed by atoms with van der Waals surface area (Å²) in [5, 5.41) is 12.3. The maximum atomic E-state index is 13.2. The van der Waals surface area contributed by atoms with Crippen LogP contribution in [0.15, 0.2) is 77.7 Å². The molecule has 3 atom stereocenters. The quantitative estimate of drug-likeness (QED) is 0.225. The number of ether oxygens (including phenoxy) is 1. The van der Waals surface area contributed by atoms with Gasteiger partial charge in [-0.25, -0.2) is 8.42 Å². The molecule has 7 nitrogen and oxygen atoms in total. The van der Waals surface area contributed by atoms with Gasteiger partial charge in [-0.3, -0.25) is 4.79 Å². The summed E-state index contributed by atoms with van der Waals surface area (Å²) in [7, 11) is -3.37. The predicted octanol–water partition coefficient (Wildman–Crippen LogP) is 7.06. The van der Waals surface area contributed by atoms with Crippen molar-refractivity contribution in [2.24, 2.45) is 5.92 Å². The number of nitriles is 1. The number of hydrogen-bond donors (Lipinski definition) is 1. The Morgan fingerprint density at radius 1 is 0.978 bits per heavy atom. The molecule has 1 saturated carbocycles. The van der Waals surface area contributed by atoms with E-state index < -0.39 is 27.6 Å². The number of amides is 1. The zero-order valence-corrected chi connectivity index (χ0v) is 26.5. The van der Waals surface area contributed by atoms with Crippen LogP contribution in [0, 0.1) is 17.2 Å². The third-order valence-electron chi connectivity index (χ3n) is 8.86. The van der Waals surface area contributed by atoms with Crippen LogP contribution in [0.4, 0.5) is 18.9 Å². The molecule has 1 amide bonds. The van der Waals surface area contributed by atoms with Crippen LogP contribution < -0.4 is 10.2 Å². The highest BCUT2D eigenvalue weighted by Gasteiger charge is 2.33. The highest BCUT2D eigenvalue weighted by Crippen LogP contribution is 2.36. The van der Waals surface area contributed by atoms with Gasteiger partial charge >= 0.3 is 6.18 Å². The highest BCUT2D eigenvalue weighted by atomic mass is 32.2. The SMILES string of the molecule is CCS(=O)(=O)c1ccc(C(CC#N)NC(=O)c2ccc(N3C[C@H](c4ccc(C(F)(F)F)cc4)CC[C@@H]3COCC3CC3)cc2)cc1. The van der Waals surface area contributed by atoms with E-state index in [1.807, 2.05) is 12.1 Å². The van der Waals surface area contributed by atoms with Crippen LogP contribution in [0.5, 0.6) is 0 Å². The molecular formula is C35H38F3N3O4S. The van der Waals surface area contributed by atoms with E-state index in [4.69, 9.17) is 4.74 Å². The minimum absolute atomic E-state index is 0.00531. The highest BCUT2D eigenvalue weighted by molar-refractivity contribution is 7.91. The Balaban J connectivity index is 1.30. The maximum absolute atomic E-state index is 13.2. The summed E-state index contributed by atoms with van der Waals surface area (Å²) < 4.78 is 69.8. The lowest BCUT2D eigenvalue weighted by Gasteiger charge is -2.41. The fraction of sp³-hybridized carbons (Fsp3) is 0.429. The summed E-state index contributed by atoms with van der Waals surface area (Å²) in [5.74, 6) is 0.266. The Kier molecular flexibility index (Phi) is 10.4. The monoisotopic (exact) mass is 653 g/mol. The van der Waals surface area contributed by atoms with E-state index in [1.165, 1.54) is 25.0 Å². The van der Waals surface area contributed by atoms with Crippen molar-refractivity contribution in [1.82, 2.24) is 5.32 Å². The summed E-state index contributed by atoms with van der Waals surface area (Å²) in [4.78, 5) is 15.7. The Morgan fingerprint density at radius 3 is 2.24 bits per heavy atom. The molecular weight excluding hydrogens is 615 g/mol. The van der Waals surface area contributed by atoms with Crippen molar-refractivity contribution < 1.29 is 31.1 Å². The second-order valence-electron chi connectivity index (χ2n) is 12.1. The second kappa shape index (κ2) is 14.3. The molecule has 2 aliphatic rings. The second-order valence-corrected chi connectivity index (χ2v) is 14.4. The largest absolute Gasteiger partial charge is 0.416 e. The van der Waals surface area contributed by atoms with Crippen LogP contribution in [-0.4, -0.2) is 45.9 Å². The van der Waals surface area contributed by atoms with Gasteiger partial charge in [0, 0.05) is 30.3 Å². The molecule has 3 aromatic rings. The number of nitrogens with one attached hydrogen (secondary N) is 1. The Bertz CT molecular complexity index is 1630. The van der Waals surface area contributed by atoms with Crippen molar-refractivity contribution in [3.05, 3.63) is 95.1 Å². The molecule has 46 heavy (non-hydrogen) atoms. The van der Waals surface area contributed by atoms with Crippen LogP contribution >= 0.6 is 0 Å². The van der Waals surface area contributed by atoms with Crippen LogP contribution in [-0.2, 0) is 20.8 Å². The van der Waals surface area contributed by atoms with E-state index in [0.29, 0.717) is 30.2 Å². The summed E-state index contributed by atoms with van der Waals surface area (Å²) in [6.45, 7) is 3.45. The molecule has 244 valence electrons. The Morgan fingerprint density at radius 2 is 1.65 bits per heavy atom. The lowest BCUT2D eigenvalue weighted by molar-refractivity contribution is -0.137. The number of rotatable bonds is 12. The number of sulfone groups is 1. The smallest absolute Gasteiger partial charge is 0.379 e. The molecule has 5 rings (SSSR count). The number of alkyl halides is 3. The van der Waals surface area contributed by atoms with Crippen LogP contribution in [0.25, 0.3) is 0 Å². The van der Waals surface area contributed by atoms with Gasteiger partial charge in [0.25, 0.3) is 5.91 Å². The van der Waals surface area contributed by atoms with Crippen molar-refractivity contribution in [3.63, 3.8) is 0 Å². The van der Waals surface area contributed by atoms with Crippen molar-refractivity contribution in [2.75, 3.05) is 30.4 Å². The first-order chi connectivity index (χ1) is 22.0. The molecule has 0 spiro atoms. The first kappa shape index (κ1) is 33.5. The van der Waals surface area contributed by atoms with Gasteiger partial charge in [-0.1, -0.05) is 31.2 Å². The topological polar surface area (TPSA) is 99.5 Å². The minimum atomic E-state index is -4.38. The van der Waals surface area contributed by atoms with Crippen molar-refractivity contribution in [3.8, 4) is 6.07 Å². The zero-order chi connectivity index (χ0) is 32.9. The third-order valence-corrected chi connectivity index (χ3v) is 10.6. The molecule has 1 saturated heterocycles. The van der Waals surface area contributed by atoms with Gasteiger partial charge in [-0.2, -0.15) is 18.4 Å². The van der Waals surface area contributed by atoms with Gasteiger partial charge < -0.3 is 15.0 Å². The number of nitrogens with zero attached hydrogens (tertiary/aromatic N) is 2. The fourth-order valence-corrected chi connectivity index (χ4v) is 6.74. The van der Waals surface area contributed by atoms with Gasteiger partial charge in [-0.15, -0.1) is 0 Å². The zero-order valence-electron chi connectivity index (χ0n) is 25.7. The van der Waals surface area contributed by atoms with Gasteiger partial charge in [0.2, 0.25) is 0 Å². The van der Waals surface area contributed by atoms with Gasteiger partial charge in [0.1, 0.15) is 0 Å². The molecule has 0 bridgehead atoms. The Hall–Kier alpha value is -3.88. The van der Waals surface area contributed by atoms with Gasteiger partial charge in [-0.05, 0) is 91.3 Å². The first-order valence-corrected chi connectivity index (χ1v) is 17.3. The molecule has 1 heterocycles. The number of piperidine rings is 1. The minimum Gasteiger partial charge on any atom is -0.379 e. The predicted molar refractivity (Wildman–Crippen MR) is 169 cm³/mol. The number of benzene rings is 3. The fourth-order valence-electron chi connectivity index (χ4n) is 5.85. The summed E-state index contributed by atoms with van der Waals surface area (Å²) in [6.07, 6.45) is -0.361.